The van der Waals surface area contributed by atoms with E-state index < -0.39 is 0 Å². The molecule has 1 aromatic heterocycles. The summed E-state index contributed by atoms with van der Waals surface area (Å²) in [5.41, 5.74) is 1.45. The molecule has 17 heavy (non-hydrogen) atoms. The van der Waals surface area contributed by atoms with E-state index in [0.717, 1.165) is 12.1 Å². The highest BCUT2D eigenvalue weighted by molar-refractivity contribution is 5.78. The number of nitrogens with one attached hydrogen (secondary N) is 1. The molecule has 3 nitrogen and oxygen atoms in total. The van der Waals surface area contributed by atoms with Gasteiger partial charge in [0.25, 0.3) is 0 Å². The SMILES string of the molecule is O=c1cc(C2=CCC=CN2)oc2ccccc12. The van der Waals surface area contributed by atoms with Crippen LogP contribution in [-0.2, 0) is 0 Å². The van der Waals surface area contributed by atoms with Crippen molar-refractivity contribution in [2.24, 2.45) is 0 Å². The van der Waals surface area contributed by atoms with Gasteiger partial charge in [-0.1, -0.05) is 24.3 Å². The third-order valence-electron chi connectivity index (χ3n) is 2.71. The fourth-order valence-electron chi connectivity index (χ4n) is 1.87. The predicted octanol–water partition coefficient (Wildman–Crippen LogP) is 2.64. The normalized spacial score (nSPS) is 14.5. The molecule has 0 saturated heterocycles. The highest BCUT2D eigenvalue weighted by atomic mass is 16.3. The second-order valence-electron chi connectivity index (χ2n) is 3.87. The maximum atomic E-state index is 11.9. The van der Waals surface area contributed by atoms with Gasteiger partial charge in [0.1, 0.15) is 5.58 Å². The van der Waals surface area contributed by atoms with Gasteiger partial charge in [0.15, 0.2) is 11.2 Å². The zero-order chi connectivity index (χ0) is 11.7. The molecule has 3 heteroatoms. The molecular weight excluding hydrogens is 214 g/mol. The summed E-state index contributed by atoms with van der Waals surface area (Å²) in [7, 11) is 0. The molecule has 3 rings (SSSR count). The molecular formula is C14H11NO2. The van der Waals surface area contributed by atoms with Gasteiger partial charge in [0.2, 0.25) is 0 Å². The average Bonchev–Trinajstić information content (AvgIpc) is 2.40. The van der Waals surface area contributed by atoms with E-state index in [1.54, 1.807) is 12.1 Å². The van der Waals surface area contributed by atoms with Gasteiger partial charge in [-0.3, -0.25) is 4.79 Å². The second kappa shape index (κ2) is 3.94. The Balaban J connectivity index is 2.19. The number of allylic oxidation sites excluding steroid dienone is 2. The minimum atomic E-state index is -0.0147. The smallest absolute Gasteiger partial charge is 0.193 e. The van der Waals surface area contributed by atoms with Crippen molar-refractivity contribution in [2.45, 2.75) is 6.42 Å². The van der Waals surface area contributed by atoms with E-state index in [1.165, 1.54) is 6.07 Å². The molecule has 1 N–H and O–H groups in total. The lowest BCUT2D eigenvalue weighted by Gasteiger charge is -2.10. The molecule has 0 unspecified atom stereocenters. The Kier molecular flexibility index (Phi) is 2.29. The van der Waals surface area contributed by atoms with Crippen molar-refractivity contribution in [2.75, 3.05) is 0 Å². The van der Waals surface area contributed by atoms with Gasteiger partial charge in [-0.2, -0.15) is 0 Å². The summed E-state index contributed by atoms with van der Waals surface area (Å²) >= 11 is 0. The first kappa shape index (κ1) is 9.90. The van der Waals surface area contributed by atoms with Gasteiger partial charge in [-0.25, -0.2) is 0 Å². The minimum absolute atomic E-state index is 0.0147. The Hall–Kier alpha value is -2.29. The largest absolute Gasteiger partial charge is 0.454 e. The predicted molar refractivity (Wildman–Crippen MR) is 67.4 cm³/mol. The summed E-state index contributed by atoms with van der Waals surface area (Å²) < 4.78 is 5.72. The van der Waals surface area contributed by atoms with E-state index in [0.29, 0.717) is 16.7 Å². The molecule has 2 aromatic rings. The van der Waals surface area contributed by atoms with Crippen molar-refractivity contribution in [3.8, 4) is 0 Å². The van der Waals surface area contributed by atoms with Crippen LogP contribution in [0.15, 0.2) is 57.9 Å². The lowest BCUT2D eigenvalue weighted by Crippen LogP contribution is -2.10. The maximum Gasteiger partial charge on any atom is 0.193 e. The maximum absolute atomic E-state index is 11.9. The molecule has 0 amide bonds. The first-order valence-corrected chi connectivity index (χ1v) is 5.49. The topological polar surface area (TPSA) is 42.2 Å². The van der Waals surface area contributed by atoms with Gasteiger partial charge >= 0.3 is 0 Å². The Morgan fingerprint density at radius 3 is 2.94 bits per heavy atom. The van der Waals surface area contributed by atoms with Crippen molar-refractivity contribution in [1.82, 2.24) is 5.32 Å². The van der Waals surface area contributed by atoms with Gasteiger partial charge in [0.05, 0.1) is 11.1 Å². The standard InChI is InChI=1S/C14H11NO2/c16-12-9-14(11-6-3-4-8-15-11)17-13-7-2-1-5-10(12)13/h1-2,4-9,15H,3H2. The molecule has 1 aromatic carbocycles. The van der Waals surface area contributed by atoms with Gasteiger partial charge in [-0.05, 0) is 24.8 Å². The first-order chi connectivity index (χ1) is 8.34. The lowest BCUT2D eigenvalue weighted by molar-refractivity contribution is 0.581. The molecule has 0 radical (unpaired) electrons. The number of para-hydroxylation sites is 1. The average molecular weight is 225 g/mol. The van der Waals surface area contributed by atoms with Crippen molar-refractivity contribution in [3.63, 3.8) is 0 Å². The van der Waals surface area contributed by atoms with Crippen LogP contribution >= 0.6 is 0 Å². The fraction of sp³-hybridized carbons (Fsp3) is 0.0714. The van der Waals surface area contributed by atoms with Crippen LogP contribution in [-0.4, -0.2) is 0 Å². The summed E-state index contributed by atoms with van der Waals surface area (Å²) in [5, 5.41) is 3.69. The van der Waals surface area contributed by atoms with Crippen molar-refractivity contribution in [1.29, 1.82) is 0 Å². The third-order valence-corrected chi connectivity index (χ3v) is 2.71. The quantitative estimate of drug-likeness (QED) is 0.811. The molecule has 0 spiro atoms. The Labute approximate surface area is 98.1 Å². The zero-order valence-corrected chi connectivity index (χ0v) is 9.14. The van der Waals surface area contributed by atoms with Crippen LogP contribution in [0.1, 0.15) is 12.2 Å². The van der Waals surface area contributed by atoms with Gasteiger partial charge in [-0.15, -0.1) is 0 Å². The van der Waals surface area contributed by atoms with Crippen LogP contribution in [0.25, 0.3) is 16.7 Å². The van der Waals surface area contributed by atoms with E-state index >= 15 is 0 Å². The Bertz CT molecular complexity index is 680. The molecule has 84 valence electrons. The Morgan fingerprint density at radius 1 is 1.24 bits per heavy atom. The van der Waals surface area contributed by atoms with E-state index in [1.807, 2.05) is 30.5 Å². The van der Waals surface area contributed by atoms with E-state index in [-0.39, 0.29) is 5.43 Å². The van der Waals surface area contributed by atoms with Crippen LogP contribution in [0, 0.1) is 0 Å². The number of hydrogen-bond donors (Lipinski definition) is 1. The molecule has 0 saturated carbocycles. The van der Waals surface area contributed by atoms with Crippen molar-refractivity contribution < 1.29 is 4.42 Å². The monoisotopic (exact) mass is 225 g/mol. The highest BCUT2D eigenvalue weighted by Gasteiger charge is 2.08. The van der Waals surface area contributed by atoms with Crippen LogP contribution in [0.2, 0.25) is 0 Å². The fourth-order valence-corrected chi connectivity index (χ4v) is 1.87. The van der Waals surface area contributed by atoms with Gasteiger partial charge < -0.3 is 9.73 Å². The van der Waals surface area contributed by atoms with Crippen molar-refractivity contribution >= 4 is 16.7 Å². The van der Waals surface area contributed by atoms with Crippen molar-refractivity contribution in [3.05, 3.63) is 64.7 Å². The number of hydrogen-bond acceptors (Lipinski definition) is 3. The van der Waals surface area contributed by atoms with Crippen LogP contribution in [0.4, 0.5) is 0 Å². The lowest BCUT2D eigenvalue weighted by atomic mass is 10.2. The zero-order valence-electron chi connectivity index (χ0n) is 9.14. The van der Waals surface area contributed by atoms with Crippen LogP contribution < -0.4 is 10.7 Å². The van der Waals surface area contributed by atoms with E-state index in [4.69, 9.17) is 4.42 Å². The molecule has 0 atom stereocenters. The second-order valence-corrected chi connectivity index (χ2v) is 3.87. The molecule has 0 bridgehead atoms. The number of rotatable bonds is 1. The van der Waals surface area contributed by atoms with Crippen LogP contribution in [0.5, 0.6) is 0 Å². The summed E-state index contributed by atoms with van der Waals surface area (Å²) in [6.07, 6.45) is 6.69. The molecule has 0 aliphatic carbocycles. The molecule has 1 aliphatic heterocycles. The Morgan fingerprint density at radius 2 is 2.12 bits per heavy atom. The third kappa shape index (κ3) is 1.76. The van der Waals surface area contributed by atoms with Gasteiger partial charge in [0, 0.05) is 6.07 Å². The minimum Gasteiger partial charge on any atom is -0.454 e. The van der Waals surface area contributed by atoms with E-state index in [2.05, 4.69) is 5.32 Å². The summed E-state index contributed by atoms with van der Waals surface area (Å²) in [5.74, 6) is 0.582. The molecule has 0 fully saturated rings. The van der Waals surface area contributed by atoms with Crippen LogP contribution in [0.3, 0.4) is 0 Å². The van der Waals surface area contributed by atoms with E-state index in [9.17, 15) is 4.79 Å². The number of dihydropyridines is 1. The first-order valence-electron chi connectivity index (χ1n) is 5.49. The molecule has 1 aliphatic rings. The summed E-state index contributed by atoms with van der Waals surface area (Å²) in [4.78, 5) is 11.9. The number of benzene rings is 1. The summed E-state index contributed by atoms with van der Waals surface area (Å²) in [6, 6.07) is 8.80. The molecule has 2 heterocycles. The summed E-state index contributed by atoms with van der Waals surface area (Å²) in [6.45, 7) is 0. The number of fused-ring (bicyclic) bond motifs is 1. The highest BCUT2D eigenvalue weighted by Crippen LogP contribution is 2.18.